The second kappa shape index (κ2) is 13.1. The summed E-state index contributed by atoms with van der Waals surface area (Å²) in [5, 5.41) is 4.50. The number of piperidine rings is 1. The predicted octanol–water partition coefficient (Wildman–Crippen LogP) is 3.75. The number of sulfonamides is 1. The van der Waals surface area contributed by atoms with E-state index in [0.717, 1.165) is 38.0 Å². The Hall–Kier alpha value is -3.61. The summed E-state index contributed by atoms with van der Waals surface area (Å²) in [6, 6.07) is 10.2. The number of fused-ring (bicyclic) bond motifs is 1. The zero-order valence-electron chi connectivity index (χ0n) is 24.5. The molecule has 4 aromatic rings. The van der Waals surface area contributed by atoms with Gasteiger partial charge in [0.2, 0.25) is 10.0 Å². The largest absolute Gasteiger partial charge is 0.493 e. The van der Waals surface area contributed by atoms with E-state index >= 15 is 0 Å². The SMILES string of the molecule is CCCc1nn(C)c2c(=O)[nH]c(-c3cc(S(=O)(=O)N(CCN4CCCCC4)Cc4ccccn4)ccc3OCC)nc12. The molecular weight excluding hydrogens is 554 g/mol. The number of nitrogens with one attached hydrogen (secondary N) is 1. The molecule has 4 heterocycles. The standard InChI is InChI=1S/C30H39N7O4S/c1-4-11-25-27-28(35(3)34-25)30(38)33-29(32-27)24-20-23(13-14-26(24)41-5-2)42(39,40)37(21-22-12-7-8-15-31-22)19-18-36-16-9-6-10-17-36/h7-8,12-15,20H,4-6,9-11,16-19,21H2,1-3H3,(H,32,33,38). The highest BCUT2D eigenvalue weighted by molar-refractivity contribution is 7.89. The highest BCUT2D eigenvalue weighted by Gasteiger charge is 2.28. The molecule has 0 amide bonds. The number of aryl methyl sites for hydroxylation is 2. The fourth-order valence-corrected chi connectivity index (χ4v) is 6.89. The van der Waals surface area contributed by atoms with Crippen LogP contribution in [0.1, 0.15) is 50.9 Å². The molecule has 1 aromatic carbocycles. The summed E-state index contributed by atoms with van der Waals surface area (Å²) < 4.78 is 37.3. The number of aromatic amines is 1. The lowest BCUT2D eigenvalue weighted by Gasteiger charge is -2.29. The van der Waals surface area contributed by atoms with E-state index in [1.165, 1.54) is 15.4 Å². The van der Waals surface area contributed by atoms with E-state index in [1.54, 1.807) is 31.4 Å². The van der Waals surface area contributed by atoms with Gasteiger partial charge in [-0.15, -0.1) is 0 Å². The first-order chi connectivity index (χ1) is 20.3. The molecule has 0 spiro atoms. The van der Waals surface area contributed by atoms with Crippen LogP contribution < -0.4 is 10.3 Å². The maximum Gasteiger partial charge on any atom is 0.277 e. The quantitative estimate of drug-likeness (QED) is 0.263. The van der Waals surface area contributed by atoms with E-state index in [-0.39, 0.29) is 22.8 Å². The molecule has 42 heavy (non-hydrogen) atoms. The summed E-state index contributed by atoms with van der Waals surface area (Å²) in [5.74, 6) is 0.674. The van der Waals surface area contributed by atoms with Crippen molar-refractivity contribution in [1.82, 2.24) is 33.9 Å². The minimum Gasteiger partial charge on any atom is -0.493 e. The summed E-state index contributed by atoms with van der Waals surface area (Å²) in [4.78, 5) is 27.6. The highest BCUT2D eigenvalue weighted by atomic mass is 32.2. The molecule has 5 rings (SSSR count). The maximum absolute atomic E-state index is 14.2. The molecule has 11 nitrogen and oxygen atoms in total. The number of pyridine rings is 1. The topological polar surface area (TPSA) is 126 Å². The van der Waals surface area contributed by atoms with Crippen molar-refractivity contribution >= 4 is 21.1 Å². The van der Waals surface area contributed by atoms with Crippen LogP contribution in [0.3, 0.4) is 0 Å². The van der Waals surface area contributed by atoms with Crippen LogP contribution in [-0.4, -0.2) is 75.1 Å². The predicted molar refractivity (Wildman–Crippen MR) is 162 cm³/mol. The zero-order chi connectivity index (χ0) is 29.7. The van der Waals surface area contributed by atoms with E-state index < -0.39 is 10.0 Å². The van der Waals surface area contributed by atoms with Gasteiger partial charge in [0.05, 0.1) is 35.0 Å². The Morgan fingerprint density at radius 3 is 2.62 bits per heavy atom. The van der Waals surface area contributed by atoms with Crippen molar-refractivity contribution in [2.75, 3.05) is 32.8 Å². The van der Waals surface area contributed by atoms with E-state index in [1.807, 2.05) is 32.0 Å². The van der Waals surface area contributed by atoms with Gasteiger partial charge in [-0.1, -0.05) is 25.8 Å². The molecule has 1 N–H and O–H groups in total. The number of likely N-dealkylation sites (tertiary alicyclic amines) is 1. The number of ether oxygens (including phenoxy) is 1. The summed E-state index contributed by atoms with van der Waals surface area (Å²) in [6.07, 6.45) is 6.64. The van der Waals surface area contributed by atoms with Gasteiger partial charge in [0.25, 0.3) is 5.56 Å². The molecule has 0 saturated carbocycles. The Labute approximate surface area is 246 Å². The maximum atomic E-state index is 14.2. The molecule has 224 valence electrons. The fraction of sp³-hybridized carbons (Fsp3) is 0.467. The van der Waals surface area contributed by atoms with Gasteiger partial charge in [-0.2, -0.15) is 9.40 Å². The second-order valence-electron chi connectivity index (χ2n) is 10.6. The number of aromatic nitrogens is 5. The molecule has 1 fully saturated rings. The van der Waals surface area contributed by atoms with Crippen LogP contribution in [0.25, 0.3) is 22.4 Å². The van der Waals surface area contributed by atoms with Crippen LogP contribution in [0.2, 0.25) is 0 Å². The summed E-state index contributed by atoms with van der Waals surface area (Å²) in [5.41, 5.74) is 2.33. The van der Waals surface area contributed by atoms with Crippen molar-refractivity contribution in [3.8, 4) is 17.1 Å². The summed E-state index contributed by atoms with van der Waals surface area (Å²) >= 11 is 0. The van der Waals surface area contributed by atoms with Crippen LogP contribution in [0.5, 0.6) is 5.75 Å². The van der Waals surface area contributed by atoms with Crippen molar-refractivity contribution in [1.29, 1.82) is 0 Å². The third-order valence-electron chi connectivity index (χ3n) is 7.57. The third-order valence-corrected chi connectivity index (χ3v) is 9.41. The second-order valence-corrected chi connectivity index (χ2v) is 12.5. The van der Waals surface area contributed by atoms with Crippen LogP contribution in [0.4, 0.5) is 0 Å². The van der Waals surface area contributed by atoms with Gasteiger partial charge in [-0.25, -0.2) is 13.4 Å². The summed E-state index contributed by atoms with van der Waals surface area (Å²) in [6.45, 7) is 7.32. The lowest BCUT2D eigenvalue weighted by Crippen LogP contribution is -2.40. The minimum absolute atomic E-state index is 0.0956. The Morgan fingerprint density at radius 2 is 1.90 bits per heavy atom. The van der Waals surface area contributed by atoms with Gasteiger partial charge in [0.15, 0.2) is 5.52 Å². The number of benzene rings is 1. The molecule has 1 aliphatic rings. The smallest absolute Gasteiger partial charge is 0.277 e. The Kier molecular flexibility index (Phi) is 9.34. The molecule has 0 unspecified atom stereocenters. The Bertz CT molecular complexity index is 1680. The zero-order valence-corrected chi connectivity index (χ0v) is 25.4. The average Bonchev–Trinajstić information content (AvgIpc) is 3.31. The normalized spacial score (nSPS) is 14.6. The first-order valence-corrected chi connectivity index (χ1v) is 16.1. The molecule has 12 heteroatoms. The highest BCUT2D eigenvalue weighted by Crippen LogP contribution is 2.32. The number of H-pyrrole nitrogens is 1. The molecule has 0 radical (unpaired) electrons. The van der Waals surface area contributed by atoms with Crippen LogP contribution in [0, 0.1) is 0 Å². The molecular formula is C30H39N7O4S. The fourth-order valence-electron chi connectivity index (χ4n) is 5.46. The van der Waals surface area contributed by atoms with Gasteiger partial charge >= 0.3 is 0 Å². The van der Waals surface area contributed by atoms with Gasteiger partial charge in [-0.3, -0.25) is 14.5 Å². The first kappa shape index (κ1) is 29.9. The van der Waals surface area contributed by atoms with Gasteiger partial charge in [0, 0.05) is 26.3 Å². The monoisotopic (exact) mass is 593 g/mol. The average molecular weight is 594 g/mol. The molecule has 0 atom stereocenters. The van der Waals surface area contributed by atoms with E-state index in [2.05, 4.69) is 20.0 Å². The third kappa shape index (κ3) is 6.40. The van der Waals surface area contributed by atoms with Crippen LogP contribution in [-0.2, 0) is 30.0 Å². The van der Waals surface area contributed by atoms with Crippen molar-refractivity contribution in [3.05, 3.63) is 64.3 Å². The number of hydrogen-bond donors (Lipinski definition) is 1. The molecule has 0 aliphatic carbocycles. The van der Waals surface area contributed by atoms with E-state index in [9.17, 15) is 13.2 Å². The number of nitrogens with zero attached hydrogens (tertiary/aromatic N) is 6. The van der Waals surface area contributed by atoms with Gasteiger partial charge in [-0.05, 0) is 69.6 Å². The van der Waals surface area contributed by atoms with E-state index in [0.29, 0.717) is 54.2 Å². The van der Waals surface area contributed by atoms with Crippen molar-refractivity contribution in [3.63, 3.8) is 0 Å². The van der Waals surface area contributed by atoms with Crippen molar-refractivity contribution in [2.24, 2.45) is 7.05 Å². The molecule has 1 saturated heterocycles. The first-order valence-electron chi connectivity index (χ1n) is 14.7. The van der Waals surface area contributed by atoms with Crippen LogP contribution >= 0.6 is 0 Å². The lowest BCUT2D eigenvalue weighted by atomic mass is 10.1. The molecule has 1 aliphatic heterocycles. The lowest BCUT2D eigenvalue weighted by molar-refractivity contribution is 0.211. The van der Waals surface area contributed by atoms with Gasteiger partial charge in [0.1, 0.15) is 17.1 Å². The van der Waals surface area contributed by atoms with Crippen molar-refractivity contribution in [2.45, 2.75) is 57.4 Å². The number of hydrogen-bond acceptors (Lipinski definition) is 8. The summed E-state index contributed by atoms with van der Waals surface area (Å²) in [7, 11) is -2.23. The van der Waals surface area contributed by atoms with Crippen LogP contribution in [0.15, 0.2) is 52.3 Å². The minimum atomic E-state index is -3.95. The number of rotatable bonds is 12. The Morgan fingerprint density at radius 1 is 1.10 bits per heavy atom. The van der Waals surface area contributed by atoms with E-state index in [4.69, 9.17) is 9.72 Å². The van der Waals surface area contributed by atoms with Gasteiger partial charge < -0.3 is 14.6 Å². The van der Waals surface area contributed by atoms with Crippen molar-refractivity contribution < 1.29 is 13.2 Å². The Balaban J connectivity index is 1.56. The molecule has 3 aromatic heterocycles. The molecule has 0 bridgehead atoms.